The molecule has 2 rings (SSSR count). The van der Waals surface area contributed by atoms with E-state index in [-0.39, 0.29) is 6.54 Å². The van der Waals surface area contributed by atoms with E-state index < -0.39 is 23.9 Å². The van der Waals surface area contributed by atoms with Crippen LogP contribution in [0.1, 0.15) is 32.4 Å². The van der Waals surface area contributed by atoms with Crippen molar-refractivity contribution < 1.29 is 19.7 Å². The molecule has 7 nitrogen and oxygen atoms in total. The predicted molar refractivity (Wildman–Crippen MR) is 88.8 cm³/mol. The van der Waals surface area contributed by atoms with Crippen LogP contribution in [-0.2, 0) is 4.74 Å². The maximum atomic E-state index is 11.6. The molecule has 24 heavy (non-hydrogen) atoms. The molecular formula is C17H23N3O4. The normalized spacial score (nSPS) is 14.0. The van der Waals surface area contributed by atoms with E-state index in [4.69, 9.17) is 4.74 Å². The van der Waals surface area contributed by atoms with Gasteiger partial charge in [0.2, 0.25) is 0 Å². The third-order valence-corrected chi connectivity index (χ3v) is 3.26. The van der Waals surface area contributed by atoms with Crippen molar-refractivity contribution in [2.45, 2.75) is 38.6 Å². The number of rotatable bonds is 5. The molecule has 0 radical (unpaired) electrons. The van der Waals surface area contributed by atoms with Crippen LogP contribution in [0.15, 0.2) is 43.0 Å². The SMILES string of the molecule is CC(C)(C)OC(=O)NCC(O)C(O)c1ccc(-n2ccnc2)cc1. The first-order valence-electron chi connectivity index (χ1n) is 7.67. The third-order valence-electron chi connectivity index (χ3n) is 3.26. The van der Waals surface area contributed by atoms with Crippen LogP contribution in [0, 0.1) is 0 Å². The third kappa shape index (κ3) is 5.07. The Bertz CT molecular complexity index is 647. The van der Waals surface area contributed by atoms with Crippen molar-refractivity contribution in [3.63, 3.8) is 0 Å². The number of ether oxygens (including phenoxy) is 1. The Balaban J connectivity index is 1.91. The molecule has 3 N–H and O–H groups in total. The summed E-state index contributed by atoms with van der Waals surface area (Å²) < 4.78 is 6.91. The molecule has 0 aliphatic heterocycles. The number of hydrogen-bond donors (Lipinski definition) is 3. The quantitative estimate of drug-likeness (QED) is 0.775. The number of nitrogens with one attached hydrogen (secondary N) is 1. The summed E-state index contributed by atoms with van der Waals surface area (Å²) >= 11 is 0. The Labute approximate surface area is 140 Å². The molecule has 7 heteroatoms. The van der Waals surface area contributed by atoms with Gasteiger partial charge in [-0.2, -0.15) is 0 Å². The van der Waals surface area contributed by atoms with Gasteiger partial charge < -0.3 is 24.8 Å². The standard InChI is InChI=1S/C17H23N3O4/c1-17(2,3)24-16(23)19-10-14(21)15(22)12-4-6-13(7-5-12)20-9-8-18-11-20/h4-9,11,14-15,21-22H,10H2,1-3H3,(H,19,23). The van der Waals surface area contributed by atoms with Gasteiger partial charge in [0.15, 0.2) is 0 Å². The summed E-state index contributed by atoms with van der Waals surface area (Å²) in [5.74, 6) is 0. The molecule has 0 spiro atoms. The van der Waals surface area contributed by atoms with Crippen molar-refractivity contribution in [2.75, 3.05) is 6.54 Å². The van der Waals surface area contributed by atoms with Crippen molar-refractivity contribution >= 4 is 6.09 Å². The Morgan fingerprint density at radius 1 is 1.29 bits per heavy atom. The van der Waals surface area contributed by atoms with Crippen molar-refractivity contribution in [1.29, 1.82) is 0 Å². The van der Waals surface area contributed by atoms with Crippen molar-refractivity contribution in [3.05, 3.63) is 48.5 Å². The number of aromatic nitrogens is 2. The molecule has 1 amide bonds. The van der Waals surface area contributed by atoms with E-state index >= 15 is 0 Å². The minimum Gasteiger partial charge on any atom is -0.444 e. The lowest BCUT2D eigenvalue weighted by Gasteiger charge is -2.22. The van der Waals surface area contributed by atoms with Crippen LogP contribution in [0.3, 0.4) is 0 Å². The number of amides is 1. The van der Waals surface area contributed by atoms with Crippen LogP contribution < -0.4 is 5.32 Å². The van der Waals surface area contributed by atoms with Crippen LogP contribution in [0.4, 0.5) is 4.79 Å². The van der Waals surface area contributed by atoms with Crippen molar-refractivity contribution in [1.82, 2.24) is 14.9 Å². The highest BCUT2D eigenvalue weighted by molar-refractivity contribution is 5.67. The molecule has 1 aromatic carbocycles. The Morgan fingerprint density at radius 3 is 2.50 bits per heavy atom. The Kier molecular flexibility index (Phi) is 5.58. The first-order chi connectivity index (χ1) is 11.3. The smallest absolute Gasteiger partial charge is 0.407 e. The largest absolute Gasteiger partial charge is 0.444 e. The molecule has 130 valence electrons. The van der Waals surface area contributed by atoms with Gasteiger partial charge >= 0.3 is 6.09 Å². The van der Waals surface area contributed by atoms with Gasteiger partial charge in [-0.05, 0) is 38.5 Å². The number of benzene rings is 1. The van der Waals surface area contributed by atoms with Gasteiger partial charge in [0.05, 0.1) is 6.33 Å². The molecule has 0 bridgehead atoms. The maximum absolute atomic E-state index is 11.6. The zero-order valence-corrected chi connectivity index (χ0v) is 14.0. The summed E-state index contributed by atoms with van der Waals surface area (Å²) in [5.41, 5.74) is 0.832. The van der Waals surface area contributed by atoms with Crippen LogP contribution in [0.5, 0.6) is 0 Å². The molecule has 0 fully saturated rings. The molecular weight excluding hydrogens is 310 g/mol. The highest BCUT2D eigenvalue weighted by Crippen LogP contribution is 2.19. The maximum Gasteiger partial charge on any atom is 0.407 e. The Hall–Kier alpha value is -2.38. The van der Waals surface area contributed by atoms with Crippen molar-refractivity contribution in [3.8, 4) is 5.69 Å². The second kappa shape index (κ2) is 7.46. The molecule has 2 aromatic rings. The van der Waals surface area contributed by atoms with E-state index in [1.54, 1.807) is 45.4 Å². The fourth-order valence-electron chi connectivity index (χ4n) is 2.09. The second-order valence-electron chi connectivity index (χ2n) is 6.46. The van der Waals surface area contributed by atoms with Gasteiger partial charge in [0.1, 0.15) is 17.8 Å². The summed E-state index contributed by atoms with van der Waals surface area (Å²) in [7, 11) is 0. The number of imidazole rings is 1. The molecule has 0 saturated heterocycles. The van der Waals surface area contributed by atoms with E-state index in [1.807, 2.05) is 22.9 Å². The average Bonchev–Trinajstić information content (AvgIpc) is 3.05. The number of aliphatic hydroxyl groups is 2. The number of carbonyl (C=O) groups excluding carboxylic acids is 1. The number of hydrogen-bond acceptors (Lipinski definition) is 5. The van der Waals surface area contributed by atoms with Gasteiger partial charge in [-0.1, -0.05) is 12.1 Å². The van der Waals surface area contributed by atoms with E-state index in [9.17, 15) is 15.0 Å². The van der Waals surface area contributed by atoms with Crippen molar-refractivity contribution in [2.24, 2.45) is 0 Å². The van der Waals surface area contributed by atoms with Gasteiger partial charge in [-0.15, -0.1) is 0 Å². The minimum absolute atomic E-state index is 0.112. The van der Waals surface area contributed by atoms with Crippen LogP contribution in [0.25, 0.3) is 5.69 Å². The summed E-state index contributed by atoms with van der Waals surface area (Å²) in [6.07, 6.45) is 2.27. The summed E-state index contributed by atoms with van der Waals surface area (Å²) in [6.45, 7) is 5.14. The molecule has 0 aliphatic carbocycles. The van der Waals surface area contributed by atoms with E-state index in [0.717, 1.165) is 5.69 Å². The predicted octanol–water partition coefficient (Wildman–Crippen LogP) is 1.79. The van der Waals surface area contributed by atoms with E-state index in [1.165, 1.54) is 0 Å². The van der Waals surface area contributed by atoms with Crippen LogP contribution in [-0.4, -0.2) is 44.1 Å². The molecule has 0 saturated carbocycles. The van der Waals surface area contributed by atoms with Crippen LogP contribution >= 0.6 is 0 Å². The lowest BCUT2D eigenvalue weighted by atomic mass is 10.0. The number of aliphatic hydroxyl groups excluding tert-OH is 2. The zero-order chi connectivity index (χ0) is 17.7. The van der Waals surface area contributed by atoms with Gasteiger partial charge in [-0.3, -0.25) is 0 Å². The topological polar surface area (TPSA) is 96.6 Å². The molecule has 1 heterocycles. The number of carbonyl (C=O) groups is 1. The first kappa shape index (κ1) is 18.0. The molecule has 2 atom stereocenters. The fourth-order valence-corrected chi connectivity index (χ4v) is 2.09. The molecule has 1 aromatic heterocycles. The minimum atomic E-state index is -1.14. The number of alkyl carbamates (subject to hydrolysis) is 1. The molecule has 2 unspecified atom stereocenters. The summed E-state index contributed by atoms with van der Waals surface area (Å²) in [5, 5.41) is 22.7. The highest BCUT2D eigenvalue weighted by atomic mass is 16.6. The lowest BCUT2D eigenvalue weighted by Crippen LogP contribution is -2.38. The first-order valence-corrected chi connectivity index (χ1v) is 7.67. The number of nitrogens with zero attached hydrogens (tertiary/aromatic N) is 2. The zero-order valence-electron chi connectivity index (χ0n) is 14.0. The second-order valence-corrected chi connectivity index (χ2v) is 6.46. The van der Waals surface area contributed by atoms with Gasteiger partial charge in [-0.25, -0.2) is 9.78 Å². The fraction of sp³-hybridized carbons (Fsp3) is 0.412. The summed E-state index contributed by atoms with van der Waals surface area (Å²) in [6, 6.07) is 7.07. The molecule has 0 aliphatic rings. The van der Waals surface area contributed by atoms with Gasteiger partial charge in [0, 0.05) is 24.6 Å². The average molecular weight is 333 g/mol. The van der Waals surface area contributed by atoms with Crippen LogP contribution in [0.2, 0.25) is 0 Å². The van der Waals surface area contributed by atoms with E-state index in [0.29, 0.717) is 5.56 Å². The lowest BCUT2D eigenvalue weighted by molar-refractivity contribution is 0.0129. The van der Waals surface area contributed by atoms with E-state index in [2.05, 4.69) is 10.3 Å². The Morgan fingerprint density at radius 2 is 1.96 bits per heavy atom. The van der Waals surface area contributed by atoms with Gasteiger partial charge in [0.25, 0.3) is 0 Å². The monoisotopic (exact) mass is 333 g/mol. The summed E-state index contributed by atoms with van der Waals surface area (Å²) in [4.78, 5) is 15.5. The highest BCUT2D eigenvalue weighted by Gasteiger charge is 2.21.